The Morgan fingerprint density at radius 2 is 1.78 bits per heavy atom. The molecule has 0 radical (unpaired) electrons. The van der Waals surface area contributed by atoms with E-state index in [1.807, 2.05) is 24.3 Å². The summed E-state index contributed by atoms with van der Waals surface area (Å²) >= 11 is 0. The van der Waals surface area contributed by atoms with Crippen LogP contribution in [0.3, 0.4) is 0 Å². The fourth-order valence-electron chi connectivity index (χ4n) is 2.43. The number of methoxy groups -OCH3 is 1. The van der Waals surface area contributed by atoms with Gasteiger partial charge in [0.25, 0.3) is 0 Å². The van der Waals surface area contributed by atoms with Gasteiger partial charge in [0.1, 0.15) is 11.5 Å². The molecule has 0 aliphatic rings. The van der Waals surface area contributed by atoms with Crippen LogP contribution >= 0.6 is 0 Å². The van der Waals surface area contributed by atoms with Crippen LogP contribution < -0.4 is 10.2 Å². The van der Waals surface area contributed by atoms with E-state index in [-0.39, 0.29) is 22.1 Å². The Bertz CT molecular complexity index is 894. The van der Waals surface area contributed by atoms with Crippen molar-refractivity contribution in [3.8, 4) is 17.2 Å². The second kappa shape index (κ2) is 6.04. The third-order valence-electron chi connectivity index (χ3n) is 3.72. The molecule has 3 aromatic rings. The number of aromatic hydroxyl groups is 2. The standard InChI is InChI=1S/C18H16O5/c1-22-12-5-2-11(3-6-12)4-7-13-10-16(20)14-8-9-15(19)17(21)18(14)23-13/h2-3,5-6,8-10,19,21H,4,7H2,1H3. The maximum absolute atomic E-state index is 12.1. The summed E-state index contributed by atoms with van der Waals surface area (Å²) in [5.74, 6) is 0.518. The van der Waals surface area contributed by atoms with Crippen LogP contribution in [0.1, 0.15) is 11.3 Å². The fourth-order valence-corrected chi connectivity index (χ4v) is 2.43. The Morgan fingerprint density at radius 1 is 1.04 bits per heavy atom. The molecule has 23 heavy (non-hydrogen) atoms. The minimum absolute atomic E-state index is 0.0160. The zero-order valence-electron chi connectivity index (χ0n) is 12.6. The minimum Gasteiger partial charge on any atom is -0.504 e. The van der Waals surface area contributed by atoms with Gasteiger partial charge in [-0.15, -0.1) is 0 Å². The molecule has 0 bridgehead atoms. The van der Waals surface area contributed by atoms with Crippen molar-refractivity contribution in [2.45, 2.75) is 12.8 Å². The monoisotopic (exact) mass is 312 g/mol. The van der Waals surface area contributed by atoms with Gasteiger partial charge in [-0.3, -0.25) is 4.79 Å². The Labute approximate surface area is 132 Å². The molecule has 0 unspecified atom stereocenters. The normalized spacial score (nSPS) is 10.8. The maximum atomic E-state index is 12.1. The SMILES string of the molecule is COc1ccc(CCc2cc(=O)c3ccc(O)c(O)c3o2)cc1. The van der Waals surface area contributed by atoms with Gasteiger partial charge in [-0.1, -0.05) is 12.1 Å². The number of ether oxygens (including phenoxy) is 1. The van der Waals surface area contributed by atoms with Crippen molar-refractivity contribution in [3.63, 3.8) is 0 Å². The topological polar surface area (TPSA) is 79.9 Å². The summed E-state index contributed by atoms with van der Waals surface area (Å²) in [7, 11) is 1.61. The lowest BCUT2D eigenvalue weighted by molar-refractivity contribution is 0.396. The lowest BCUT2D eigenvalue weighted by Gasteiger charge is -2.06. The van der Waals surface area contributed by atoms with Gasteiger partial charge in [0.15, 0.2) is 16.8 Å². The lowest BCUT2D eigenvalue weighted by atomic mass is 10.1. The molecule has 2 aromatic carbocycles. The van der Waals surface area contributed by atoms with Crippen molar-refractivity contribution in [1.82, 2.24) is 0 Å². The maximum Gasteiger partial charge on any atom is 0.201 e. The Morgan fingerprint density at radius 3 is 2.48 bits per heavy atom. The largest absolute Gasteiger partial charge is 0.504 e. The van der Waals surface area contributed by atoms with E-state index in [1.165, 1.54) is 18.2 Å². The average Bonchev–Trinajstić information content (AvgIpc) is 2.57. The quantitative estimate of drug-likeness (QED) is 0.724. The summed E-state index contributed by atoms with van der Waals surface area (Å²) < 4.78 is 10.7. The van der Waals surface area contributed by atoms with Crippen molar-refractivity contribution >= 4 is 11.0 Å². The van der Waals surface area contributed by atoms with E-state index in [0.717, 1.165) is 11.3 Å². The molecule has 0 aliphatic heterocycles. The molecule has 1 heterocycles. The molecule has 0 amide bonds. The number of hydrogen-bond acceptors (Lipinski definition) is 5. The fraction of sp³-hybridized carbons (Fsp3) is 0.167. The average molecular weight is 312 g/mol. The van der Waals surface area contributed by atoms with E-state index < -0.39 is 5.75 Å². The molecule has 1 aromatic heterocycles. The first-order chi connectivity index (χ1) is 11.1. The number of aryl methyl sites for hydroxylation is 2. The van der Waals surface area contributed by atoms with Crippen LogP contribution in [-0.4, -0.2) is 17.3 Å². The molecule has 118 valence electrons. The van der Waals surface area contributed by atoms with Gasteiger partial charge in [-0.2, -0.15) is 0 Å². The van der Waals surface area contributed by atoms with E-state index in [9.17, 15) is 15.0 Å². The zero-order chi connectivity index (χ0) is 16.4. The highest BCUT2D eigenvalue weighted by Crippen LogP contribution is 2.32. The molecule has 0 fully saturated rings. The predicted molar refractivity (Wildman–Crippen MR) is 86.2 cm³/mol. The van der Waals surface area contributed by atoms with Crippen LogP contribution in [0.25, 0.3) is 11.0 Å². The molecule has 0 saturated carbocycles. The highest BCUT2D eigenvalue weighted by Gasteiger charge is 2.12. The van der Waals surface area contributed by atoms with E-state index >= 15 is 0 Å². The van der Waals surface area contributed by atoms with Crippen LogP contribution in [0, 0.1) is 0 Å². The van der Waals surface area contributed by atoms with E-state index in [4.69, 9.17) is 9.15 Å². The number of hydrogen-bond donors (Lipinski definition) is 2. The second-order valence-corrected chi connectivity index (χ2v) is 5.24. The predicted octanol–water partition coefficient (Wildman–Crippen LogP) is 3.00. The zero-order valence-corrected chi connectivity index (χ0v) is 12.6. The highest BCUT2D eigenvalue weighted by molar-refractivity contribution is 5.84. The van der Waals surface area contributed by atoms with Crippen LogP contribution in [0.15, 0.2) is 51.7 Å². The van der Waals surface area contributed by atoms with Crippen molar-refractivity contribution < 1.29 is 19.4 Å². The second-order valence-electron chi connectivity index (χ2n) is 5.24. The van der Waals surface area contributed by atoms with E-state index in [0.29, 0.717) is 18.6 Å². The van der Waals surface area contributed by atoms with Gasteiger partial charge in [0.05, 0.1) is 12.5 Å². The minimum atomic E-state index is -0.411. The number of rotatable bonds is 4. The number of phenols is 2. The first-order valence-corrected chi connectivity index (χ1v) is 7.19. The van der Waals surface area contributed by atoms with Gasteiger partial charge >= 0.3 is 0 Å². The van der Waals surface area contributed by atoms with Gasteiger partial charge < -0.3 is 19.4 Å². The number of benzene rings is 2. The van der Waals surface area contributed by atoms with Crippen LogP contribution in [0.4, 0.5) is 0 Å². The Balaban J connectivity index is 1.88. The van der Waals surface area contributed by atoms with Crippen molar-refractivity contribution in [2.75, 3.05) is 7.11 Å². The highest BCUT2D eigenvalue weighted by atomic mass is 16.5. The number of phenolic OH excluding ortho intramolecular Hbond substituents is 2. The molecule has 0 atom stereocenters. The summed E-state index contributed by atoms with van der Waals surface area (Å²) in [6, 6.07) is 11.8. The van der Waals surface area contributed by atoms with Gasteiger partial charge in [-0.25, -0.2) is 0 Å². The molecule has 3 rings (SSSR count). The molecule has 0 spiro atoms. The van der Waals surface area contributed by atoms with Crippen molar-refractivity contribution in [1.29, 1.82) is 0 Å². The molecule has 2 N–H and O–H groups in total. The van der Waals surface area contributed by atoms with Gasteiger partial charge in [-0.05, 0) is 36.2 Å². The summed E-state index contributed by atoms with van der Waals surface area (Å²) in [6.07, 6.45) is 1.19. The first-order valence-electron chi connectivity index (χ1n) is 7.19. The number of fused-ring (bicyclic) bond motifs is 1. The summed E-state index contributed by atoms with van der Waals surface area (Å²) in [4.78, 5) is 12.1. The van der Waals surface area contributed by atoms with Crippen LogP contribution in [0.2, 0.25) is 0 Å². The van der Waals surface area contributed by atoms with Crippen molar-refractivity contribution in [3.05, 3.63) is 64.0 Å². The van der Waals surface area contributed by atoms with Crippen molar-refractivity contribution in [2.24, 2.45) is 0 Å². The van der Waals surface area contributed by atoms with Crippen LogP contribution in [-0.2, 0) is 12.8 Å². The first kappa shape index (κ1) is 15.0. The Hall–Kier alpha value is -2.95. The summed E-state index contributed by atoms with van der Waals surface area (Å²) in [6.45, 7) is 0. The Kier molecular flexibility index (Phi) is 3.93. The molecular weight excluding hydrogens is 296 g/mol. The van der Waals surface area contributed by atoms with E-state index in [2.05, 4.69) is 0 Å². The molecule has 0 saturated heterocycles. The summed E-state index contributed by atoms with van der Waals surface area (Å²) in [5, 5.41) is 19.6. The molecule has 5 heteroatoms. The van der Waals surface area contributed by atoms with E-state index in [1.54, 1.807) is 7.11 Å². The smallest absolute Gasteiger partial charge is 0.201 e. The summed E-state index contributed by atoms with van der Waals surface area (Å²) in [5.41, 5.74) is 0.849. The lowest BCUT2D eigenvalue weighted by Crippen LogP contribution is -2.03. The van der Waals surface area contributed by atoms with Gasteiger partial charge in [0.2, 0.25) is 5.75 Å². The molecule has 5 nitrogen and oxygen atoms in total. The third-order valence-corrected chi connectivity index (χ3v) is 3.72. The third kappa shape index (κ3) is 2.99. The van der Waals surface area contributed by atoms with Gasteiger partial charge in [0, 0.05) is 12.5 Å². The van der Waals surface area contributed by atoms with Crippen LogP contribution in [0.5, 0.6) is 17.2 Å². The molecular formula is C18H16O5. The molecule has 0 aliphatic carbocycles.